The molecular formula is C29H26N2OS2. The van der Waals surface area contributed by atoms with Crippen molar-refractivity contribution >= 4 is 22.7 Å². The summed E-state index contributed by atoms with van der Waals surface area (Å²) >= 11 is 3.45. The number of hydrogen-bond donors (Lipinski definition) is 0. The lowest BCUT2D eigenvalue weighted by molar-refractivity contribution is 0.294. The smallest absolute Gasteiger partial charge is 0.122 e. The standard InChI is InChI=1S/C29H26N2OS2/c1-2-12-31(13-5-9-23-6-3-7-24(15-23)18-30)19-25-8-4-10-28(16-25)32-20-29-17-27(22-34-29)26-11-14-33-21-26/h3-4,6-8,10-11,14-17,21-22H,2,12-13,19-20H2,1H3. The molecule has 0 amide bonds. The molecule has 3 nitrogen and oxygen atoms in total. The van der Waals surface area contributed by atoms with Crippen molar-refractivity contribution in [2.24, 2.45) is 0 Å². The summed E-state index contributed by atoms with van der Waals surface area (Å²) < 4.78 is 6.11. The van der Waals surface area contributed by atoms with E-state index in [1.807, 2.05) is 24.3 Å². The second-order valence-electron chi connectivity index (χ2n) is 7.95. The number of thiophene rings is 2. The number of hydrogen-bond acceptors (Lipinski definition) is 5. The summed E-state index contributed by atoms with van der Waals surface area (Å²) in [6.45, 7) is 5.22. The first-order valence-corrected chi connectivity index (χ1v) is 13.1. The average molecular weight is 483 g/mol. The third kappa shape index (κ3) is 6.83. The minimum atomic E-state index is 0.574. The molecule has 0 saturated carbocycles. The van der Waals surface area contributed by atoms with Crippen molar-refractivity contribution in [2.75, 3.05) is 13.1 Å². The molecule has 0 bridgehead atoms. The lowest BCUT2D eigenvalue weighted by Crippen LogP contribution is -2.24. The maximum atomic E-state index is 9.06. The Labute approximate surface area is 209 Å². The highest BCUT2D eigenvalue weighted by molar-refractivity contribution is 7.10. The summed E-state index contributed by atoms with van der Waals surface area (Å²) in [5.41, 5.74) is 5.26. The van der Waals surface area contributed by atoms with Gasteiger partial charge in [0.25, 0.3) is 0 Å². The van der Waals surface area contributed by atoms with Gasteiger partial charge in [-0.3, -0.25) is 4.90 Å². The van der Waals surface area contributed by atoms with Crippen LogP contribution in [0.1, 0.15) is 34.9 Å². The van der Waals surface area contributed by atoms with Gasteiger partial charge in [0.05, 0.1) is 18.2 Å². The molecule has 4 aromatic rings. The Morgan fingerprint density at radius 3 is 2.68 bits per heavy atom. The molecule has 0 fully saturated rings. The van der Waals surface area contributed by atoms with Crippen LogP contribution in [0.15, 0.2) is 76.8 Å². The SMILES string of the molecule is CCCN(CC#Cc1cccc(C#N)c1)Cc1cccc(OCc2cc(-c3ccsc3)cs2)c1. The van der Waals surface area contributed by atoms with Crippen LogP contribution in [0.2, 0.25) is 0 Å². The van der Waals surface area contributed by atoms with Crippen LogP contribution < -0.4 is 4.74 Å². The Kier molecular flexibility index (Phi) is 8.54. The van der Waals surface area contributed by atoms with E-state index in [1.54, 1.807) is 28.7 Å². The molecule has 0 atom stereocenters. The summed E-state index contributed by atoms with van der Waals surface area (Å²) in [6, 6.07) is 22.3. The summed E-state index contributed by atoms with van der Waals surface area (Å²) in [5.74, 6) is 7.35. The molecule has 2 aromatic carbocycles. The Balaban J connectivity index is 1.35. The van der Waals surface area contributed by atoms with E-state index in [2.05, 4.69) is 76.2 Å². The van der Waals surface area contributed by atoms with Crippen molar-refractivity contribution in [3.8, 4) is 34.8 Å². The molecule has 0 radical (unpaired) electrons. The second kappa shape index (κ2) is 12.2. The summed E-state index contributed by atoms with van der Waals surface area (Å²) in [7, 11) is 0. The van der Waals surface area contributed by atoms with Gasteiger partial charge in [-0.25, -0.2) is 0 Å². The Hall–Kier alpha value is -3.35. The number of rotatable bonds is 9. The minimum absolute atomic E-state index is 0.574. The summed E-state index contributed by atoms with van der Waals surface area (Å²) in [4.78, 5) is 3.56. The van der Waals surface area contributed by atoms with Crippen molar-refractivity contribution in [2.45, 2.75) is 26.5 Å². The molecule has 0 unspecified atom stereocenters. The Morgan fingerprint density at radius 2 is 1.85 bits per heavy atom. The van der Waals surface area contributed by atoms with Gasteiger partial charge in [0.15, 0.2) is 0 Å². The molecule has 0 saturated heterocycles. The van der Waals surface area contributed by atoms with Crippen molar-refractivity contribution in [3.05, 3.63) is 98.4 Å². The Morgan fingerprint density at radius 1 is 0.971 bits per heavy atom. The predicted octanol–water partition coefficient (Wildman–Crippen LogP) is 7.19. The van der Waals surface area contributed by atoms with Crippen LogP contribution in [0.4, 0.5) is 0 Å². The third-order valence-corrected chi connectivity index (χ3v) is 6.85. The van der Waals surface area contributed by atoms with Crippen LogP contribution in [-0.4, -0.2) is 18.0 Å². The monoisotopic (exact) mass is 482 g/mol. The number of nitriles is 1. The van der Waals surface area contributed by atoms with Crippen molar-refractivity contribution in [1.29, 1.82) is 5.26 Å². The second-order valence-corrected chi connectivity index (χ2v) is 9.73. The first-order valence-electron chi connectivity index (χ1n) is 11.3. The highest BCUT2D eigenvalue weighted by atomic mass is 32.1. The molecule has 34 heavy (non-hydrogen) atoms. The van der Waals surface area contributed by atoms with Crippen LogP contribution in [-0.2, 0) is 13.2 Å². The zero-order valence-electron chi connectivity index (χ0n) is 19.2. The molecule has 0 N–H and O–H groups in total. The minimum Gasteiger partial charge on any atom is -0.488 e. The number of nitrogens with zero attached hydrogens (tertiary/aromatic N) is 2. The normalized spacial score (nSPS) is 10.5. The first kappa shape index (κ1) is 23.8. The van der Waals surface area contributed by atoms with E-state index in [4.69, 9.17) is 10.00 Å². The highest BCUT2D eigenvalue weighted by Crippen LogP contribution is 2.28. The lowest BCUT2D eigenvalue weighted by Gasteiger charge is -2.19. The van der Waals surface area contributed by atoms with Gasteiger partial charge in [-0.1, -0.05) is 37.0 Å². The quantitative estimate of drug-likeness (QED) is 0.237. The van der Waals surface area contributed by atoms with E-state index in [-0.39, 0.29) is 0 Å². The fourth-order valence-electron chi connectivity index (χ4n) is 3.63. The molecule has 0 spiro atoms. The van der Waals surface area contributed by atoms with E-state index in [1.165, 1.54) is 21.6 Å². The lowest BCUT2D eigenvalue weighted by atomic mass is 10.1. The van der Waals surface area contributed by atoms with Crippen molar-refractivity contribution in [3.63, 3.8) is 0 Å². The van der Waals surface area contributed by atoms with E-state index in [9.17, 15) is 0 Å². The molecule has 170 valence electrons. The van der Waals surface area contributed by atoms with Crippen LogP contribution >= 0.6 is 22.7 Å². The average Bonchev–Trinajstić information content (AvgIpc) is 3.56. The molecule has 0 aliphatic carbocycles. The van der Waals surface area contributed by atoms with Crippen LogP contribution in [0.3, 0.4) is 0 Å². The third-order valence-electron chi connectivity index (χ3n) is 5.26. The molecule has 5 heteroatoms. The van der Waals surface area contributed by atoms with Crippen LogP contribution in [0.5, 0.6) is 5.75 Å². The maximum Gasteiger partial charge on any atom is 0.122 e. The van der Waals surface area contributed by atoms with E-state index in [0.29, 0.717) is 18.7 Å². The van der Waals surface area contributed by atoms with Gasteiger partial charge in [0, 0.05) is 17.0 Å². The van der Waals surface area contributed by atoms with Gasteiger partial charge in [-0.05, 0) is 88.3 Å². The van der Waals surface area contributed by atoms with Gasteiger partial charge in [0.1, 0.15) is 12.4 Å². The topological polar surface area (TPSA) is 36.3 Å². The molecular weight excluding hydrogens is 456 g/mol. The highest BCUT2D eigenvalue weighted by Gasteiger charge is 2.07. The zero-order chi connectivity index (χ0) is 23.6. The van der Waals surface area contributed by atoms with Gasteiger partial charge >= 0.3 is 0 Å². The van der Waals surface area contributed by atoms with E-state index < -0.39 is 0 Å². The predicted molar refractivity (Wildman–Crippen MR) is 142 cm³/mol. The first-order chi connectivity index (χ1) is 16.7. The largest absolute Gasteiger partial charge is 0.488 e. The van der Waals surface area contributed by atoms with Gasteiger partial charge < -0.3 is 4.74 Å². The van der Waals surface area contributed by atoms with E-state index >= 15 is 0 Å². The Bertz CT molecular complexity index is 1310. The maximum absolute atomic E-state index is 9.06. The molecule has 4 rings (SSSR count). The fraction of sp³-hybridized carbons (Fsp3) is 0.207. The van der Waals surface area contributed by atoms with E-state index in [0.717, 1.165) is 30.8 Å². The van der Waals surface area contributed by atoms with Gasteiger partial charge in [-0.15, -0.1) is 11.3 Å². The molecule has 2 aromatic heterocycles. The molecule has 0 aliphatic rings. The fourth-order valence-corrected chi connectivity index (χ4v) is 5.10. The zero-order valence-corrected chi connectivity index (χ0v) is 20.8. The molecule has 0 aliphatic heterocycles. The summed E-state index contributed by atoms with van der Waals surface area (Å²) in [6.07, 6.45) is 1.06. The van der Waals surface area contributed by atoms with Crippen LogP contribution in [0.25, 0.3) is 11.1 Å². The van der Waals surface area contributed by atoms with Crippen molar-refractivity contribution < 1.29 is 4.74 Å². The molecule has 2 heterocycles. The van der Waals surface area contributed by atoms with Crippen molar-refractivity contribution in [1.82, 2.24) is 4.90 Å². The summed E-state index contributed by atoms with van der Waals surface area (Å²) in [5, 5.41) is 15.5. The van der Waals surface area contributed by atoms with Gasteiger partial charge in [0.2, 0.25) is 0 Å². The van der Waals surface area contributed by atoms with Crippen LogP contribution in [0, 0.1) is 23.2 Å². The number of benzene rings is 2. The van der Waals surface area contributed by atoms with Gasteiger partial charge in [-0.2, -0.15) is 16.6 Å². The number of ether oxygens (including phenoxy) is 1.